The summed E-state index contributed by atoms with van der Waals surface area (Å²) in [5, 5.41) is 0. The summed E-state index contributed by atoms with van der Waals surface area (Å²) in [6.07, 6.45) is 6.04. The number of nitrogens with one attached hydrogen (secondary N) is 2. The molecule has 0 saturated carbocycles. The Morgan fingerprint density at radius 1 is 0.863 bits per heavy atom. The van der Waals surface area contributed by atoms with Crippen LogP contribution in [-0.2, 0) is 27.9 Å². The van der Waals surface area contributed by atoms with Gasteiger partial charge in [-0.1, -0.05) is 61.9 Å². The fourth-order valence-corrected chi connectivity index (χ4v) is 7.69. The molecule has 9 heteroatoms. The van der Waals surface area contributed by atoms with Crippen LogP contribution >= 0.6 is 0 Å². The second-order valence-corrected chi connectivity index (χ2v) is 14.3. The van der Waals surface area contributed by atoms with Gasteiger partial charge in [-0.3, -0.25) is 14.5 Å². The van der Waals surface area contributed by atoms with Crippen molar-refractivity contribution in [3.63, 3.8) is 0 Å². The lowest BCUT2D eigenvalue weighted by molar-refractivity contribution is -0.133. The highest BCUT2D eigenvalue weighted by molar-refractivity contribution is 6.23. The lowest BCUT2D eigenvalue weighted by Gasteiger charge is -2.25. The largest absolute Gasteiger partial charge is 0.465 e. The molecule has 2 amide bonds. The number of methoxy groups -OCH3 is 1. The Balaban J connectivity index is 1.52. The predicted octanol–water partition coefficient (Wildman–Crippen LogP) is 7.83. The second kappa shape index (κ2) is 11.8. The Kier molecular flexibility index (Phi) is 7.41. The summed E-state index contributed by atoms with van der Waals surface area (Å²) in [5.41, 5.74) is 11.6. The van der Waals surface area contributed by atoms with Crippen LogP contribution in [0.15, 0.2) is 60.7 Å². The van der Waals surface area contributed by atoms with Gasteiger partial charge in [0.15, 0.2) is 0 Å². The van der Waals surface area contributed by atoms with Gasteiger partial charge >= 0.3 is 5.97 Å². The lowest BCUT2D eigenvalue weighted by Crippen LogP contribution is -2.40. The van der Waals surface area contributed by atoms with Gasteiger partial charge in [0.25, 0.3) is 11.8 Å². The van der Waals surface area contributed by atoms with Gasteiger partial charge < -0.3 is 14.7 Å². The number of carbonyl (C=O) groups is 3. The molecule has 8 rings (SSSR count). The number of esters is 1. The third-order valence-electron chi connectivity index (χ3n) is 10.0. The Labute approximate surface area is 295 Å². The topological polar surface area (TPSA) is 121 Å². The number of benzene rings is 2. The van der Waals surface area contributed by atoms with Crippen LogP contribution < -0.4 is 0 Å². The maximum absolute atomic E-state index is 14.6. The molecule has 4 aromatic rings. The molecule has 2 aromatic heterocycles. The van der Waals surface area contributed by atoms with Crippen molar-refractivity contribution in [1.82, 2.24) is 24.8 Å². The van der Waals surface area contributed by atoms with E-state index in [2.05, 4.69) is 56.7 Å². The number of hydrogen-bond donors (Lipinski definition) is 2. The van der Waals surface area contributed by atoms with Crippen LogP contribution in [0.2, 0.25) is 0 Å². The summed E-state index contributed by atoms with van der Waals surface area (Å²) in [6.45, 7) is 10.5. The molecule has 0 spiro atoms. The number of H-pyrrole nitrogens is 2. The molecule has 9 nitrogen and oxygen atoms in total. The average molecular weight is 676 g/mol. The Morgan fingerprint density at radius 2 is 1.61 bits per heavy atom. The standard InChI is InChI=1S/C42H37N5O4/c1-22-14-23(2)35(24(3)15-22)36-30-13-12-26(43-30)17-31-28(41(50)51-6)16-27(44-31)18-34-42(4,5)20-33(45-34)37-38-29(19-32(36)46-38)39(48)47(40(37)49)21-25-10-8-7-9-11-25/h7-19,45-46H,20-21H2,1-6H3. The van der Waals surface area contributed by atoms with Crippen LogP contribution in [0.1, 0.15) is 91.0 Å². The highest BCUT2D eigenvalue weighted by Crippen LogP contribution is 2.40. The first-order valence-electron chi connectivity index (χ1n) is 17.0. The van der Waals surface area contributed by atoms with E-state index in [0.29, 0.717) is 62.6 Å². The number of aryl methyl sites for hydroxylation is 3. The zero-order valence-electron chi connectivity index (χ0n) is 29.4. The number of hydrogen-bond acceptors (Lipinski definition) is 6. The fraction of sp³-hybridized carbons (Fsp3) is 0.214. The molecule has 0 fully saturated rings. The normalized spacial score (nSPS) is 15.2. The van der Waals surface area contributed by atoms with Crippen LogP contribution in [0.3, 0.4) is 0 Å². The molecular weight excluding hydrogens is 638 g/mol. The van der Waals surface area contributed by atoms with Crippen molar-refractivity contribution in [1.29, 1.82) is 0 Å². The molecule has 0 aliphatic carbocycles. The van der Waals surface area contributed by atoms with Crippen LogP contribution in [0.4, 0.5) is 0 Å². The minimum atomic E-state index is -0.496. The van der Waals surface area contributed by atoms with Crippen molar-refractivity contribution in [3.8, 4) is 11.1 Å². The molecular formula is C42H37N5O4. The van der Waals surface area contributed by atoms with E-state index in [-0.39, 0.29) is 18.4 Å². The number of nitrogens with zero attached hydrogens (tertiary/aromatic N) is 3. The molecule has 8 bridgehead atoms. The third kappa shape index (κ3) is 5.36. The monoisotopic (exact) mass is 675 g/mol. The molecule has 4 aliphatic rings. The number of carbonyl (C=O) groups excluding carboxylic acids is 3. The van der Waals surface area contributed by atoms with Gasteiger partial charge in [-0.2, -0.15) is 0 Å². The SMILES string of the molecule is COC(=O)C1=Cc2cc3[nH]c(c4c5[nH]c(cc5C(=O)N(Cc5ccccc5)C4=O)c(-c4c(C)cc(C)cc4C)c4nc(cc1n2)C=C4)CC3(C)C. The Bertz CT molecular complexity index is 2460. The van der Waals surface area contributed by atoms with E-state index in [9.17, 15) is 14.4 Å². The van der Waals surface area contributed by atoms with Crippen LogP contribution in [0.5, 0.6) is 0 Å². The van der Waals surface area contributed by atoms with Crippen LogP contribution in [0, 0.1) is 20.8 Å². The molecule has 4 aliphatic heterocycles. The number of amides is 2. The van der Waals surface area contributed by atoms with Gasteiger partial charge in [0.2, 0.25) is 0 Å². The van der Waals surface area contributed by atoms with Gasteiger partial charge in [0.1, 0.15) is 0 Å². The molecule has 2 aromatic carbocycles. The minimum Gasteiger partial charge on any atom is -0.465 e. The minimum absolute atomic E-state index is 0.133. The summed E-state index contributed by atoms with van der Waals surface area (Å²) in [4.78, 5) is 60.3. The fourth-order valence-electron chi connectivity index (χ4n) is 7.69. The van der Waals surface area contributed by atoms with Crippen molar-refractivity contribution in [2.24, 2.45) is 0 Å². The van der Waals surface area contributed by atoms with E-state index in [4.69, 9.17) is 14.7 Å². The number of fused-ring (bicyclic) bond motifs is 8. The number of aromatic amines is 2. The summed E-state index contributed by atoms with van der Waals surface area (Å²) in [7, 11) is 1.35. The van der Waals surface area contributed by atoms with Crippen molar-refractivity contribution < 1.29 is 19.1 Å². The molecule has 0 radical (unpaired) electrons. The quantitative estimate of drug-likeness (QED) is 0.148. The molecule has 254 valence electrons. The van der Waals surface area contributed by atoms with Gasteiger partial charge in [-0.15, -0.1) is 0 Å². The summed E-state index contributed by atoms with van der Waals surface area (Å²) in [5.74, 6) is -1.23. The highest BCUT2D eigenvalue weighted by atomic mass is 16.5. The molecule has 0 atom stereocenters. The van der Waals surface area contributed by atoms with Crippen molar-refractivity contribution >= 4 is 52.6 Å². The van der Waals surface area contributed by atoms with Crippen LogP contribution in [0.25, 0.3) is 46.0 Å². The number of rotatable bonds is 4. The zero-order valence-corrected chi connectivity index (χ0v) is 29.4. The number of ether oxygens (including phenoxy) is 1. The summed E-state index contributed by atoms with van der Waals surface area (Å²) >= 11 is 0. The van der Waals surface area contributed by atoms with Crippen LogP contribution in [-0.4, -0.2) is 49.7 Å². The van der Waals surface area contributed by atoms with E-state index in [1.54, 1.807) is 12.1 Å². The lowest BCUT2D eigenvalue weighted by atomic mass is 9.85. The van der Waals surface area contributed by atoms with Gasteiger partial charge in [0.05, 0.1) is 58.6 Å². The Morgan fingerprint density at radius 3 is 2.33 bits per heavy atom. The zero-order chi connectivity index (χ0) is 35.8. The van der Waals surface area contributed by atoms with E-state index in [1.807, 2.05) is 54.6 Å². The average Bonchev–Trinajstić information content (AvgIpc) is 3.87. The van der Waals surface area contributed by atoms with E-state index < -0.39 is 11.4 Å². The van der Waals surface area contributed by atoms with Gasteiger partial charge in [-0.25, -0.2) is 14.8 Å². The first-order chi connectivity index (χ1) is 24.4. The maximum Gasteiger partial charge on any atom is 0.340 e. The Hall–Kier alpha value is -6.09. The molecule has 0 saturated heterocycles. The van der Waals surface area contributed by atoms with E-state index >= 15 is 0 Å². The highest BCUT2D eigenvalue weighted by Gasteiger charge is 2.39. The van der Waals surface area contributed by atoms with Crippen molar-refractivity contribution in [2.45, 2.75) is 53.0 Å². The summed E-state index contributed by atoms with van der Waals surface area (Å²) in [6, 6.07) is 19.4. The van der Waals surface area contributed by atoms with Gasteiger partial charge in [0, 0.05) is 27.9 Å². The van der Waals surface area contributed by atoms with Gasteiger partial charge in [-0.05, 0) is 85.9 Å². The van der Waals surface area contributed by atoms with Crippen molar-refractivity contribution in [2.75, 3.05) is 7.11 Å². The molecule has 51 heavy (non-hydrogen) atoms. The number of imide groups is 1. The first kappa shape index (κ1) is 32.1. The smallest absolute Gasteiger partial charge is 0.340 e. The summed E-state index contributed by atoms with van der Waals surface area (Å²) < 4.78 is 5.13. The van der Waals surface area contributed by atoms with E-state index in [0.717, 1.165) is 39.1 Å². The second-order valence-electron chi connectivity index (χ2n) is 14.3. The molecule has 0 unspecified atom stereocenters. The van der Waals surface area contributed by atoms with Crippen molar-refractivity contribution in [3.05, 3.63) is 128 Å². The predicted molar refractivity (Wildman–Crippen MR) is 198 cm³/mol. The molecule has 6 heterocycles. The van der Waals surface area contributed by atoms with E-state index in [1.165, 1.54) is 12.0 Å². The molecule has 2 N–H and O–H groups in total. The third-order valence-corrected chi connectivity index (χ3v) is 10.0. The number of aromatic nitrogens is 4. The first-order valence-corrected chi connectivity index (χ1v) is 17.0. The maximum atomic E-state index is 14.6.